The summed E-state index contributed by atoms with van der Waals surface area (Å²) in [6.07, 6.45) is 1.79. The van der Waals surface area contributed by atoms with Crippen molar-refractivity contribution in [2.45, 2.75) is 26.4 Å². The molecule has 102 valence electrons. The molecule has 0 saturated heterocycles. The van der Waals surface area contributed by atoms with E-state index < -0.39 is 0 Å². The third kappa shape index (κ3) is 2.67. The molecule has 0 amide bonds. The summed E-state index contributed by atoms with van der Waals surface area (Å²) in [7, 11) is 1.67. The number of aryl methyl sites for hydroxylation is 2. The van der Waals surface area contributed by atoms with Crippen molar-refractivity contribution in [3.05, 3.63) is 45.7 Å². The lowest BCUT2D eigenvalue weighted by Crippen LogP contribution is -2.17. The lowest BCUT2D eigenvalue weighted by molar-refractivity contribution is 0.411. The van der Waals surface area contributed by atoms with Gasteiger partial charge in [0.2, 0.25) is 0 Å². The molecule has 2 rings (SSSR count). The zero-order valence-electron chi connectivity index (χ0n) is 11.4. The Bertz CT molecular complexity index is 580. The van der Waals surface area contributed by atoms with Crippen LogP contribution in [0.15, 0.2) is 28.9 Å². The molecule has 0 radical (unpaired) electrons. The molecule has 0 saturated carbocycles. The van der Waals surface area contributed by atoms with Gasteiger partial charge in [-0.2, -0.15) is 5.10 Å². The minimum Gasteiger partial charge on any atom is -0.496 e. The predicted molar refractivity (Wildman–Crippen MR) is 79.4 cm³/mol. The van der Waals surface area contributed by atoms with Gasteiger partial charge in [-0.1, -0.05) is 12.1 Å². The maximum atomic E-state index is 6.37. The van der Waals surface area contributed by atoms with Crippen LogP contribution in [-0.4, -0.2) is 16.9 Å². The van der Waals surface area contributed by atoms with E-state index >= 15 is 0 Å². The van der Waals surface area contributed by atoms with Crippen LogP contribution in [0.4, 0.5) is 0 Å². The van der Waals surface area contributed by atoms with Crippen molar-refractivity contribution in [2.24, 2.45) is 5.73 Å². The Labute approximate surface area is 121 Å². The first-order valence-corrected chi connectivity index (χ1v) is 6.99. The van der Waals surface area contributed by atoms with Crippen molar-refractivity contribution in [1.29, 1.82) is 0 Å². The van der Waals surface area contributed by atoms with Gasteiger partial charge in [-0.25, -0.2) is 0 Å². The molecule has 2 aromatic rings. The summed E-state index contributed by atoms with van der Waals surface area (Å²) in [6, 6.07) is 5.80. The number of benzene rings is 1. The van der Waals surface area contributed by atoms with Crippen molar-refractivity contribution < 1.29 is 4.74 Å². The number of rotatable bonds is 4. The van der Waals surface area contributed by atoms with E-state index in [4.69, 9.17) is 10.5 Å². The Morgan fingerprint density at radius 3 is 2.79 bits per heavy atom. The largest absolute Gasteiger partial charge is 0.496 e. The topological polar surface area (TPSA) is 53.1 Å². The summed E-state index contributed by atoms with van der Waals surface area (Å²) in [5.41, 5.74) is 9.49. The third-order valence-electron chi connectivity index (χ3n) is 3.21. The van der Waals surface area contributed by atoms with Crippen LogP contribution in [-0.2, 0) is 6.54 Å². The average Bonchev–Trinajstić information content (AvgIpc) is 2.78. The predicted octanol–water partition coefficient (Wildman–Crippen LogP) is 3.03. The number of nitrogens with two attached hydrogens (primary N) is 1. The zero-order valence-corrected chi connectivity index (χ0v) is 12.9. The van der Waals surface area contributed by atoms with Gasteiger partial charge < -0.3 is 10.5 Å². The molecule has 0 aliphatic heterocycles. The summed E-state index contributed by atoms with van der Waals surface area (Å²) in [5.74, 6) is 0.874. The highest BCUT2D eigenvalue weighted by molar-refractivity contribution is 9.10. The molecular formula is C14H18BrN3O. The van der Waals surface area contributed by atoms with E-state index in [0.29, 0.717) is 0 Å². The molecule has 0 spiro atoms. The van der Waals surface area contributed by atoms with E-state index in [9.17, 15) is 0 Å². The number of ether oxygens (including phenoxy) is 1. The van der Waals surface area contributed by atoms with Gasteiger partial charge in [0.15, 0.2) is 0 Å². The number of hydrogen-bond donors (Lipinski definition) is 1. The minimum atomic E-state index is -0.207. The highest BCUT2D eigenvalue weighted by Crippen LogP contribution is 2.29. The Balaban J connectivity index is 2.41. The number of methoxy groups -OCH3 is 1. The first-order valence-electron chi connectivity index (χ1n) is 6.19. The molecule has 5 heteroatoms. The lowest BCUT2D eigenvalue weighted by atomic mass is 10.0. The normalized spacial score (nSPS) is 12.5. The average molecular weight is 324 g/mol. The van der Waals surface area contributed by atoms with Crippen LogP contribution in [0.25, 0.3) is 0 Å². The van der Waals surface area contributed by atoms with Crippen LogP contribution in [0.2, 0.25) is 0 Å². The quantitative estimate of drug-likeness (QED) is 0.940. The molecule has 1 atom stereocenters. The third-order valence-corrected chi connectivity index (χ3v) is 3.82. The fraction of sp³-hybridized carbons (Fsp3) is 0.357. The number of nitrogens with zero attached hydrogens (tertiary/aromatic N) is 2. The molecule has 1 aromatic carbocycles. The fourth-order valence-electron chi connectivity index (χ4n) is 2.19. The van der Waals surface area contributed by atoms with E-state index in [1.54, 1.807) is 13.3 Å². The van der Waals surface area contributed by atoms with E-state index in [1.807, 2.05) is 23.7 Å². The monoisotopic (exact) mass is 323 g/mol. The molecule has 4 nitrogen and oxygen atoms in total. The van der Waals surface area contributed by atoms with E-state index in [2.05, 4.69) is 34.0 Å². The fourth-order valence-corrected chi connectivity index (χ4v) is 2.73. The summed E-state index contributed by atoms with van der Waals surface area (Å²) in [6.45, 7) is 4.86. The lowest BCUT2D eigenvalue weighted by Gasteiger charge is -2.16. The molecule has 1 unspecified atom stereocenters. The van der Waals surface area contributed by atoms with Gasteiger partial charge in [-0.05, 0) is 47.0 Å². The maximum absolute atomic E-state index is 6.37. The summed E-state index contributed by atoms with van der Waals surface area (Å²) in [5, 5.41) is 4.30. The molecule has 1 aromatic heterocycles. The Hall–Kier alpha value is -1.33. The van der Waals surface area contributed by atoms with E-state index in [-0.39, 0.29) is 6.04 Å². The van der Waals surface area contributed by atoms with Gasteiger partial charge in [0, 0.05) is 6.54 Å². The second-order valence-corrected chi connectivity index (χ2v) is 5.25. The van der Waals surface area contributed by atoms with E-state index in [1.165, 1.54) is 0 Å². The number of aromatic nitrogens is 2. The first kappa shape index (κ1) is 14.1. The number of halogens is 1. The van der Waals surface area contributed by atoms with Gasteiger partial charge >= 0.3 is 0 Å². The second kappa shape index (κ2) is 5.75. The van der Waals surface area contributed by atoms with Crippen LogP contribution in [0.1, 0.15) is 29.8 Å². The molecule has 0 fully saturated rings. The van der Waals surface area contributed by atoms with Crippen molar-refractivity contribution >= 4 is 15.9 Å². The van der Waals surface area contributed by atoms with Crippen molar-refractivity contribution in [2.75, 3.05) is 7.11 Å². The first-order chi connectivity index (χ1) is 9.08. The van der Waals surface area contributed by atoms with Gasteiger partial charge in [-0.15, -0.1) is 0 Å². The minimum absolute atomic E-state index is 0.207. The molecule has 1 heterocycles. The SMILES string of the molecule is CCn1ncc(Br)c1C(N)c1ccc(OC)c(C)c1. The van der Waals surface area contributed by atoms with E-state index in [0.717, 1.165) is 33.6 Å². The zero-order chi connectivity index (χ0) is 14.0. The molecule has 2 N–H and O–H groups in total. The summed E-state index contributed by atoms with van der Waals surface area (Å²) >= 11 is 3.51. The molecule has 0 bridgehead atoms. The van der Waals surface area contributed by atoms with Crippen LogP contribution >= 0.6 is 15.9 Å². The Kier molecular flexibility index (Phi) is 4.27. The Morgan fingerprint density at radius 1 is 1.47 bits per heavy atom. The van der Waals surface area contributed by atoms with Gasteiger partial charge in [0.05, 0.1) is 29.5 Å². The number of hydrogen-bond acceptors (Lipinski definition) is 3. The van der Waals surface area contributed by atoms with Gasteiger partial charge in [0.1, 0.15) is 5.75 Å². The van der Waals surface area contributed by atoms with Crippen LogP contribution in [0.3, 0.4) is 0 Å². The van der Waals surface area contributed by atoms with Crippen LogP contribution < -0.4 is 10.5 Å². The smallest absolute Gasteiger partial charge is 0.121 e. The Morgan fingerprint density at radius 2 is 2.21 bits per heavy atom. The van der Waals surface area contributed by atoms with Crippen molar-refractivity contribution in [1.82, 2.24) is 9.78 Å². The molecule has 19 heavy (non-hydrogen) atoms. The second-order valence-electron chi connectivity index (χ2n) is 4.40. The molecule has 0 aliphatic carbocycles. The van der Waals surface area contributed by atoms with Crippen molar-refractivity contribution in [3.63, 3.8) is 0 Å². The highest BCUT2D eigenvalue weighted by Gasteiger charge is 2.18. The van der Waals surface area contributed by atoms with Crippen LogP contribution in [0.5, 0.6) is 5.75 Å². The highest BCUT2D eigenvalue weighted by atomic mass is 79.9. The maximum Gasteiger partial charge on any atom is 0.121 e. The molecular weight excluding hydrogens is 306 g/mol. The van der Waals surface area contributed by atoms with Gasteiger partial charge in [-0.3, -0.25) is 4.68 Å². The van der Waals surface area contributed by atoms with Crippen molar-refractivity contribution in [3.8, 4) is 5.75 Å². The molecule has 0 aliphatic rings. The standard InChI is InChI=1S/C14H18BrN3O/c1-4-18-14(11(15)8-17-18)13(16)10-5-6-12(19-3)9(2)7-10/h5-8,13H,4,16H2,1-3H3. The summed E-state index contributed by atoms with van der Waals surface area (Å²) in [4.78, 5) is 0. The van der Waals surface area contributed by atoms with Crippen LogP contribution in [0, 0.1) is 6.92 Å². The van der Waals surface area contributed by atoms with Gasteiger partial charge in [0.25, 0.3) is 0 Å². The summed E-state index contributed by atoms with van der Waals surface area (Å²) < 4.78 is 8.12.